The summed E-state index contributed by atoms with van der Waals surface area (Å²) in [6.45, 7) is 5.01. The van der Waals surface area contributed by atoms with Gasteiger partial charge in [-0.25, -0.2) is 0 Å². The highest BCUT2D eigenvalue weighted by atomic mass is 79.9. The molecule has 0 spiro atoms. The zero-order valence-electron chi connectivity index (χ0n) is 9.42. The topological polar surface area (TPSA) is 42.2 Å². The highest BCUT2D eigenvalue weighted by molar-refractivity contribution is 9.10. The summed E-state index contributed by atoms with van der Waals surface area (Å²) in [6.07, 6.45) is 0.354. The summed E-state index contributed by atoms with van der Waals surface area (Å²) in [7, 11) is 0. The molecule has 3 nitrogen and oxygen atoms in total. The molecule has 0 aromatic heterocycles. The Hall–Kier alpha value is -1.21. The molecule has 86 valence electrons. The van der Waals surface area contributed by atoms with Crippen molar-refractivity contribution >= 4 is 15.9 Å². The molecule has 0 N–H and O–H groups in total. The molecule has 0 heterocycles. The van der Waals surface area contributed by atoms with Crippen molar-refractivity contribution in [3.63, 3.8) is 0 Å². The van der Waals surface area contributed by atoms with E-state index in [4.69, 9.17) is 14.7 Å². The minimum atomic E-state index is 0.354. The maximum Gasteiger partial charge on any atom is 0.162 e. The van der Waals surface area contributed by atoms with Crippen LogP contribution in [-0.4, -0.2) is 13.2 Å². The van der Waals surface area contributed by atoms with Gasteiger partial charge in [0.05, 0.1) is 25.7 Å². The van der Waals surface area contributed by atoms with E-state index in [0.29, 0.717) is 31.1 Å². The third-order valence-electron chi connectivity index (χ3n) is 1.98. The summed E-state index contributed by atoms with van der Waals surface area (Å²) < 4.78 is 11.8. The van der Waals surface area contributed by atoms with Gasteiger partial charge in [0.2, 0.25) is 0 Å². The summed E-state index contributed by atoms with van der Waals surface area (Å²) in [6, 6.07) is 5.82. The lowest BCUT2D eigenvalue weighted by molar-refractivity contribution is 0.287. The highest BCUT2D eigenvalue weighted by Gasteiger charge is 2.10. The largest absolute Gasteiger partial charge is 0.490 e. The maximum atomic E-state index is 8.69. The molecule has 0 aliphatic carbocycles. The Morgan fingerprint density at radius 1 is 1.19 bits per heavy atom. The second-order valence-corrected chi connectivity index (χ2v) is 3.95. The Kier molecular flexibility index (Phi) is 5.13. The molecular weight excluding hydrogens is 270 g/mol. The number of hydrogen-bond acceptors (Lipinski definition) is 3. The van der Waals surface area contributed by atoms with Gasteiger partial charge in [0.1, 0.15) is 0 Å². The summed E-state index contributed by atoms with van der Waals surface area (Å²) in [4.78, 5) is 0. The molecule has 1 aromatic rings. The van der Waals surface area contributed by atoms with Crippen molar-refractivity contribution in [1.82, 2.24) is 0 Å². The van der Waals surface area contributed by atoms with E-state index in [1.54, 1.807) is 0 Å². The van der Waals surface area contributed by atoms with Crippen LogP contribution in [0.5, 0.6) is 11.5 Å². The number of rotatable bonds is 5. The van der Waals surface area contributed by atoms with Gasteiger partial charge in [-0.05, 0) is 31.5 Å². The summed E-state index contributed by atoms with van der Waals surface area (Å²) >= 11 is 3.42. The molecule has 0 saturated carbocycles. The standard InChI is InChI=1S/C12H14BrNO2/c1-3-15-11-7-9(5-6-14)10(13)8-12(11)16-4-2/h7-8H,3-5H2,1-2H3. The van der Waals surface area contributed by atoms with Gasteiger partial charge in [0, 0.05) is 4.47 Å². The first-order chi connectivity index (χ1) is 7.72. The van der Waals surface area contributed by atoms with Gasteiger partial charge in [-0.1, -0.05) is 15.9 Å². The number of hydrogen-bond donors (Lipinski definition) is 0. The third kappa shape index (κ3) is 3.14. The molecule has 0 amide bonds. The quantitative estimate of drug-likeness (QED) is 0.833. The van der Waals surface area contributed by atoms with Crippen LogP contribution >= 0.6 is 15.9 Å². The van der Waals surface area contributed by atoms with Gasteiger partial charge in [0.15, 0.2) is 11.5 Å². The van der Waals surface area contributed by atoms with Crippen LogP contribution in [0, 0.1) is 11.3 Å². The maximum absolute atomic E-state index is 8.69. The van der Waals surface area contributed by atoms with Gasteiger partial charge in [0.25, 0.3) is 0 Å². The van der Waals surface area contributed by atoms with E-state index in [1.807, 2.05) is 26.0 Å². The molecule has 1 aromatic carbocycles. The minimum absolute atomic E-state index is 0.354. The average molecular weight is 284 g/mol. The Morgan fingerprint density at radius 3 is 2.25 bits per heavy atom. The smallest absolute Gasteiger partial charge is 0.162 e. The molecule has 0 aliphatic heterocycles. The van der Waals surface area contributed by atoms with Gasteiger partial charge in [-0.15, -0.1) is 0 Å². The summed E-state index contributed by atoms with van der Waals surface area (Å²) in [5.74, 6) is 1.40. The normalized spacial score (nSPS) is 9.62. The first kappa shape index (κ1) is 12.9. The second-order valence-electron chi connectivity index (χ2n) is 3.09. The third-order valence-corrected chi connectivity index (χ3v) is 2.72. The number of nitrogens with zero attached hydrogens (tertiary/aromatic N) is 1. The van der Waals surface area contributed by atoms with Crippen molar-refractivity contribution in [1.29, 1.82) is 5.26 Å². The first-order valence-corrected chi connectivity index (χ1v) is 5.97. The molecule has 0 atom stereocenters. The van der Waals surface area contributed by atoms with E-state index >= 15 is 0 Å². The Morgan fingerprint density at radius 2 is 1.75 bits per heavy atom. The predicted molar refractivity (Wildman–Crippen MR) is 65.8 cm³/mol. The van der Waals surface area contributed by atoms with Gasteiger partial charge < -0.3 is 9.47 Å². The van der Waals surface area contributed by atoms with E-state index in [0.717, 1.165) is 10.0 Å². The van der Waals surface area contributed by atoms with E-state index in [-0.39, 0.29) is 0 Å². The Balaban J connectivity index is 3.09. The summed E-state index contributed by atoms with van der Waals surface area (Å²) in [5, 5.41) is 8.69. The van der Waals surface area contributed by atoms with Crippen LogP contribution in [0.1, 0.15) is 19.4 Å². The van der Waals surface area contributed by atoms with Crippen LogP contribution in [0.25, 0.3) is 0 Å². The fourth-order valence-electron chi connectivity index (χ4n) is 1.33. The van der Waals surface area contributed by atoms with Gasteiger partial charge in [-0.2, -0.15) is 5.26 Å². The number of benzene rings is 1. The molecule has 0 bridgehead atoms. The number of halogens is 1. The lowest BCUT2D eigenvalue weighted by atomic mass is 10.1. The predicted octanol–water partition coefficient (Wildman–Crippen LogP) is 3.31. The molecular formula is C12H14BrNO2. The lowest BCUT2D eigenvalue weighted by Gasteiger charge is -2.13. The van der Waals surface area contributed by atoms with Gasteiger partial charge in [-0.3, -0.25) is 0 Å². The van der Waals surface area contributed by atoms with E-state index in [1.165, 1.54) is 0 Å². The van der Waals surface area contributed by atoms with E-state index in [9.17, 15) is 0 Å². The molecule has 0 fully saturated rings. The van der Waals surface area contributed by atoms with Crippen molar-refractivity contribution in [2.75, 3.05) is 13.2 Å². The SMILES string of the molecule is CCOc1cc(Br)c(CC#N)cc1OCC. The molecule has 1 rings (SSSR count). The molecule has 16 heavy (non-hydrogen) atoms. The number of nitriles is 1. The van der Waals surface area contributed by atoms with Crippen LogP contribution in [-0.2, 0) is 6.42 Å². The Bertz CT molecular complexity index is 399. The van der Waals surface area contributed by atoms with Crippen molar-refractivity contribution in [2.45, 2.75) is 20.3 Å². The van der Waals surface area contributed by atoms with Crippen LogP contribution < -0.4 is 9.47 Å². The molecule has 0 unspecified atom stereocenters. The monoisotopic (exact) mass is 283 g/mol. The second kappa shape index (κ2) is 6.39. The first-order valence-electron chi connectivity index (χ1n) is 5.17. The average Bonchev–Trinajstić information content (AvgIpc) is 2.25. The van der Waals surface area contributed by atoms with Crippen molar-refractivity contribution in [2.24, 2.45) is 0 Å². The van der Waals surface area contributed by atoms with E-state index in [2.05, 4.69) is 22.0 Å². The molecule has 0 aliphatic rings. The van der Waals surface area contributed by atoms with Crippen molar-refractivity contribution in [3.8, 4) is 17.6 Å². The van der Waals surface area contributed by atoms with Crippen molar-refractivity contribution in [3.05, 3.63) is 22.2 Å². The number of ether oxygens (including phenoxy) is 2. The van der Waals surface area contributed by atoms with Crippen molar-refractivity contribution < 1.29 is 9.47 Å². The van der Waals surface area contributed by atoms with Gasteiger partial charge >= 0.3 is 0 Å². The zero-order valence-corrected chi connectivity index (χ0v) is 11.0. The fraction of sp³-hybridized carbons (Fsp3) is 0.417. The molecule has 0 radical (unpaired) electrons. The lowest BCUT2D eigenvalue weighted by Crippen LogP contribution is -2.00. The summed E-state index contributed by atoms with van der Waals surface area (Å²) in [5.41, 5.74) is 0.911. The minimum Gasteiger partial charge on any atom is -0.490 e. The Labute approximate surface area is 104 Å². The highest BCUT2D eigenvalue weighted by Crippen LogP contribution is 2.34. The van der Waals surface area contributed by atoms with Crippen LogP contribution in [0.3, 0.4) is 0 Å². The molecule has 0 saturated heterocycles. The fourth-order valence-corrected chi connectivity index (χ4v) is 1.80. The van der Waals surface area contributed by atoms with Crippen LogP contribution in [0.4, 0.5) is 0 Å². The van der Waals surface area contributed by atoms with E-state index < -0.39 is 0 Å². The zero-order chi connectivity index (χ0) is 12.0. The van der Waals surface area contributed by atoms with Crippen LogP contribution in [0.2, 0.25) is 0 Å². The van der Waals surface area contributed by atoms with Crippen LogP contribution in [0.15, 0.2) is 16.6 Å². The molecule has 4 heteroatoms.